The van der Waals surface area contributed by atoms with Crippen molar-refractivity contribution < 1.29 is 23.9 Å². The fraction of sp³-hybridized carbons (Fsp3) is 0.688. The summed E-state index contributed by atoms with van der Waals surface area (Å²) in [6.07, 6.45) is 1.90. The quantitative estimate of drug-likeness (QED) is 0.352. The first-order valence-electron chi connectivity index (χ1n) is 7.08. The van der Waals surface area contributed by atoms with Crippen LogP contribution in [0.15, 0.2) is 12.7 Å². The molecule has 0 amide bonds. The maximum absolute atomic E-state index is 12.0. The van der Waals surface area contributed by atoms with Crippen LogP contribution in [-0.2, 0) is 23.9 Å². The van der Waals surface area contributed by atoms with Gasteiger partial charge in [0.2, 0.25) is 0 Å². The molecular formula is C16H26O5. The van der Waals surface area contributed by atoms with Gasteiger partial charge in [-0.2, -0.15) is 0 Å². The summed E-state index contributed by atoms with van der Waals surface area (Å²) in [5.74, 6) is -0.896. The van der Waals surface area contributed by atoms with Crippen LogP contribution >= 0.6 is 0 Å². The highest BCUT2D eigenvalue weighted by atomic mass is 16.6. The van der Waals surface area contributed by atoms with Gasteiger partial charge < -0.3 is 9.47 Å². The Morgan fingerprint density at radius 3 is 2.19 bits per heavy atom. The molecule has 0 aliphatic rings. The van der Waals surface area contributed by atoms with E-state index in [1.54, 1.807) is 20.8 Å². The van der Waals surface area contributed by atoms with E-state index in [-0.39, 0.29) is 24.6 Å². The van der Waals surface area contributed by atoms with Crippen LogP contribution in [0.4, 0.5) is 0 Å². The third kappa shape index (κ3) is 7.18. The van der Waals surface area contributed by atoms with Crippen molar-refractivity contribution in [3.8, 4) is 0 Å². The average Bonchev–Trinajstić information content (AvgIpc) is 2.36. The number of ketones is 2. The average molecular weight is 298 g/mol. The molecule has 120 valence electrons. The molecule has 0 saturated carbocycles. The van der Waals surface area contributed by atoms with Gasteiger partial charge in [-0.3, -0.25) is 9.59 Å². The van der Waals surface area contributed by atoms with Crippen molar-refractivity contribution in [2.24, 2.45) is 0 Å². The minimum Gasteiger partial charge on any atom is -0.456 e. The van der Waals surface area contributed by atoms with E-state index in [4.69, 9.17) is 9.47 Å². The van der Waals surface area contributed by atoms with Gasteiger partial charge in [-0.1, -0.05) is 13.5 Å². The number of hydrogen-bond acceptors (Lipinski definition) is 5. The van der Waals surface area contributed by atoms with Gasteiger partial charge in [0.15, 0.2) is 5.78 Å². The van der Waals surface area contributed by atoms with Gasteiger partial charge >= 0.3 is 5.97 Å². The molecule has 0 spiro atoms. The van der Waals surface area contributed by atoms with Crippen LogP contribution in [0.2, 0.25) is 0 Å². The topological polar surface area (TPSA) is 69.7 Å². The lowest BCUT2D eigenvalue weighted by Crippen LogP contribution is -2.40. The van der Waals surface area contributed by atoms with Crippen LogP contribution in [0.5, 0.6) is 0 Å². The second kappa shape index (κ2) is 8.08. The van der Waals surface area contributed by atoms with Gasteiger partial charge in [0.25, 0.3) is 0 Å². The molecule has 1 atom stereocenters. The van der Waals surface area contributed by atoms with Gasteiger partial charge in [-0.05, 0) is 34.1 Å². The molecule has 5 nitrogen and oxygen atoms in total. The number of ether oxygens (including phenoxy) is 2. The lowest BCUT2D eigenvalue weighted by Gasteiger charge is -2.30. The number of hydrogen-bond donors (Lipinski definition) is 0. The third-order valence-electron chi connectivity index (χ3n) is 3.34. The van der Waals surface area contributed by atoms with E-state index >= 15 is 0 Å². The van der Waals surface area contributed by atoms with Crippen molar-refractivity contribution in [2.75, 3.05) is 6.61 Å². The summed E-state index contributed by atoms with van der Waals surface area (Å²) < 4.78 is 10.9. The van der Waals surface area contributed by atoms with Crippen molar-refractivity contribution >= 4 is 17.5 Å². The van der Waals surface area contributed by atoms with Crippen molar-refractivity contribution in [1.82, 2.24) is 0 Å². The number of Topliss-reactive ketones (excluding diaryl/α,β-unsaturated/α-hetero) is 2. The standard InChI is InChI=1S/C16H26O5/c1-7-14(19)21-15(4,5)9-10-20-16(6,8-2)13(18)11-12(3)17/h7H,1,8-11H2,2-6H3. The summed E-state index contributed by atoms with van der Waals surface area (Å²) >= 11 is 0. The molecule has 21 heavy (non-hydrogen) atoms. The second-order valence-electron chi connectivity index (χ2n) is 5.87. The Morgan fingerprint density at radius 2 is 1.76 bits per heavy atom. The Balaban J connectivity index is 4.52. The monoisotopic (exact) mass is 298 g/mol. The van der Waals surface area contributed by atoms with E-state index in [0.717, 1.165) is 6.08 Å². The molecule has 5 heteroatoms. The first-order chi connectivity index (χ1) is 9.56. The zero-order chi connectivity index (χ0) is 16.7. The molecule has 0 bridgehead atoms. The Bertz CT molecular complexity index is 411. The van der Waals surface area contributed by atoms with Gasteiger partial charge in [0.05, 0.1) is 13.0 Å². The minimum atomic E-state index is -0.982. The van der Waals surface area contributed by atoms with Crippen molar-refractivity contribution in [1.29, 1.82) is 0 Å². The van der Waals surface area contributed by atoms with Gasteiger partial charge in [-0.25, -0.2) is 4.79 Å². The van der Waals surface area contributed by atoms with E-state index in [1.165, 1.54) is 6.92 Å². The van der Waals surface area contributed by atoms with Crippen LogP contribution in [0.1, 0.15) is 53.9 Å². The highest BCUT2D eigenvalue weighted by Gasteiger charge is 2.33. The molecule has 0 aromatic heterocycles. The third-order valence-corrected chi connectivity index (χ3v) is 3.34. The molecular weight excluding hydrogens is 272 g/mol. The van der Waals surface area contributed by atoms with Crippen molar-refractivity contribution in [3.63, 3.8) is 0 Å². The Hall–Kier alpha value is -1.49. The molecule has 0 heterocycles. The normalized spacial score (nSPS) is 14.1. The number of rotatable bonds is 10. The predicted octanol–water partition coefficient (Wildman–Crippen LogP) is 2.62. The predicted molar refractivity (Wildman–Crippen MR) is 79.9 cm³/mol. The molecule has 0 aromatic carbocycles. The van der Waals surface area contributed by atoms with Crippen LogP contribution in [0, 0.1) is 0 Å². The van der Waals surface area contributed by atoms with Crippen molar-refractivity contribution in [2.45, 2.75) is 65.1 Å². The van der Waals surface area contributed by atoms with Crippen LogP contribution < -0.4 is 0 Å². The molecule has 1 unspecified atom stereocenters. The molecule has 0 fully saturated rings. The summed E-state index contributed by atoms with van der Waals surface area (Å²) in [6, 6.07) is 0. The smallest absolute Gasteiger partial charge is 0.330 e. The molecule has 0 aromatic rings. The Morgan fingerprint density at radius 1 is 1.19 bits per heavy atom. The largest absolute Gasteiger partial charge is 0.456 e. The number of esters is 1. The Labute approximate surface area is 126 Å². The van der Waals surface area contributed by atoms with Gasteiger partial charge in [0.1, 0.15) is 17.0 Å². The fourth-order valence-corrected chi connectivity index (χ4v) is 1.68. The maximum Gasteiger partial charge on any atom is 0.330 e. The fourth-order valence-electron chi connectivity index (χ4n) is 1.68. The van der Waals surface area contributed by atoms with Crippen LogP contribution in [0.3, 0.4) is 0 Å². The highest BCUT2D eigenvalue weighted by Crippen LogP contribution is 2.22. The second-order valence-corrected chi connectivity index (χ2v) is 5.87. The molecule has 0 radical (unpaired) electrons. The SMILES string of the molecule is C=CC(=O)OC(C)(C)CCOC(C)(CC)C(=O)CC(C)=O. The highest BCUT2D eigenvalue weighted by molar-refractivity contribution is 6.01. The van der Waals surface area contributed by atoms with E-state index in [0.29, 0.717) is 12.8 Å². The van der Waals surface area contributed by atoms with E-state index in [1.807, 2.05) is 6.92 Å². The maximum atomic E-state index is 12.0. The molecule has 0 rings (SSSR count). The summed E-state index contributed by atoms with van der Waals surface area (Å²) in [4.78, 5) is 34.3. The van der Waals surface area contributed by atoms with Crippen LogP contribution in [0.25, 0.3) is 0 Å². The van der Waals surface area contributed by atoms with E-state index in [9.17, 15) is 14.4 Å². The molecule has 0 saturated heterocycles. The van der Waals surface area contributed by atoms with E-state index in [2.05, 4.69) is 6.58 Å². The minimum absolute atomic E-state index is 0.126. The number of carbonyl (C=O) groups excluding carboxylic acids is 3. The first-order valence-corrected chi connectivity index (χ1v) is 7.08. The van der Waals surface area contributed by atoms with Gasteiger partial charge in [0, 0.05) is 12.5 Å². The van der Waals surface area contributed by atoms with Gasteiger partial charge in [-0.15, -0.1) is 0 Å². The number of carbonyl (C=O) groups is 3. The first kappa shape index (κ1) is 19.5. The lowest BCUT2D eigenvalue weighted by atomic mass is 9.93. The van der Waals surface area contributed by atoms with Crippen molar-refractivity contribution in [3.05, 3.63) is 12.7 Å². The summed E-state index contributed by atoms with van der Waals surface area (Å²) in [7, 11) is 0. The summed E-state index contributed by atoms with van der Waals surface area (Å²) in [5.41, 5.74) is -1.69. The van der Waals surface area contributed by atoms with E-state index < -0.39 is 17.2 Å². The molecule has 0 N–H and O–H groups in total. The summed E-state index contributed by atoms with van der Waals surface area (Å²) in [6.45, 7) is 12.0. The summed E-state index contributed by atoms with van der Waals surface area (Å²) in [5, 5.41) is 0. The van der Waals surface area contributed by atoms with Crippen LogP contribution in [-0.4, -0.2) is 35.3 Å². The molecule has 0 aliphatic carbocycles. The zero-order valence-electron chi connectivity index (χ0n) is 13.7. The molecule has 0 aliphatic heterocycles. The lowest BCUT2D eigenvalue weighted by molar-refractivity contribution is -0.157. The Kier molecular flexibility index (Phi) is 7.50. The zero-order valence-corrected chi connectivity index (χ0v) is 13.7.